The second-order valence-electron chi connectivity index (χ2n) is 3.53. The molecule has 3 nitrogen and oxygen atoms in total. The lowest BCUT2D eigenvalue weighted by molar-refractivity contribution is -0.137. The lowest BCUT2D eigenvalue weighted by Gasteiger charge is -2.12. The lowest BCUT2D eigenvalue weighted by atomic mass is 10.0. The summed E-state index contributed by atoms with van der Waals surface area (Å²) in [5.74, 6) is -0.811. The van der Waals surface area contributed by atoms with Crippen LogP contribution < -0.4 is 5.32 Å². The summed E-state index contributed by atoms with van der Waals surface area (Å²) < 4.78 is 55.1. The molecule has 1 amide bonds. The average molecular weight is 249 g/mol. The number of cyclic esters (lactones) is 1. The number of ether oxygens (including phenoxy) is 1. The zero-order chi connectivity index (χ0) is 12.6. The maximum absolute atomic E-state index is 13.4. The summed E-state index contributed by atoms with van der Waals surface area (Å²) in [5, 5.41) is 2.22. The largest absolute Gasteiger partial charge is 0.447 e. The first-order valence-corrected chi connectivity index (χ1v) is 4.68. The van der Waals surface area contributed by atoms with E-state index in [0.29, 0.717) is 12.1 Å². The van der Waals surface area contributed by atoms with Crippen LogP contribution in [0.25, 0.3) is 0 Å². The molecule has 0 aliphatic carbocycles. The second kappa shape index (κ2) is 3.90. The Morgan fingerprint density at radius 2 is 2.06 bits per heavy atom. The van der Waals surface area contributed by atoms with Crippen LogP contribution in [0.1, 0.15) is 17.2 Å². The van der Waals surface area contributed by atoms with Gasteiger partial charge >= 0.3 is 12.3 Å². The van der Waals surface area contributed by atoms with Crippen molar-refractivity contribution in [3.05, 3.63) is 35.1 Å². The van der Waals surface area contributed by atoms with E-state index in [1.165, 1.54) is 0 Å². The first kappa shape index (κ1) is 11.7. The molecule has 1 aromatic carbocycles. The summed E-state index contributed by atoms with van der Waals surface area (Å²) in [7, 11) is 0. The van der Waals surface area contributed by atoms with Crippen molar-refractivity contribution in [3.8, 4) is 0 Å². The molecule has 0 unspecified atom stereocenters. The Labute approximate surface area is 93.4 Å². The normalized spacial score (nSPS) is 20.0. The fourth-order valence-corrected chi connectivity index (χ4v) is 1.54. The molecule has 0 saturated carbocycles. The van der Waals surface area contributed by atoms with E-state index in [2.05, 4.69) is 10.1 Å². The highest BCUT2D eigenvalue weighted by molar-refractivity contribution is 5.70. The Balaban J connectivity index is 2.36. The average Bonchev–Trinajstić information content (AvgIpc) is 2.63. The molecule has 1 saturated heterocycles. The quantitative estimate of drug-likeness (QED) is 0.777. The van der Waals surface area contributed by atoms with Crippen LogP contribution >= 0.6 is 0 Å². The maximum Gasteiger partial charge on any atom is 0.416 e. The number of hydrogen-bond acceptors (Lipinski definition) is 2. The Morgan fingerprint density at radius 3 is 2.59 bits per heavy atom. The molecule has 1 fully saturated rings. The van der Waals surface area contributed by atoms with Crippen molar-refractivity contribution in [2.45, 2.75) is 12.2 Å². The summed E-state index contributed by atoms with van der Waals surface area (Å²) in [5.41, 5.74) is -1.19. The smallest absolute Gasteiger partial charge is 0.416 e. The van der Waals surface area contributed by atoms with Gasteiger partial charge in [-0.15, -0.1) is 0 Å². The van der Waals surface area contributed by atoms with E-state index in [9.17, 15) is 22.4 Å². The van der Waals surface area contributed by atoms with Gasteiger partial charge in [0.2, 0.25) is 0 Å². The summed E-state index contributed by atoms with van der Waals surface area (Å²) in [6.45, 7) is -0.183. The number of alkyl halides is 3. The van der Waals surface area contributed by atoms with Gasteiger partial charge < -0.3 is 10.1 Å². The molecule has 92 valence electrons. The zero-order valence-electron chi connectivity index (χ0n) is 8.34. The molecule has 1 aromatic rings. The molecule has 0 radical (unpaired) electrons. The third-order valence-corrected chi connectivity index (χ3v) is 2.37. The molecule has 2 rings (SSSR count). The highest BCUT2D eigenvalue weighted by Crippen LogP contribution is 2.32. The highest BCUT2D eigenvalue weighted by atomic mass is 19.4. The van der Waals surface area contributed by atoms with Gasteiger partial charge in [-0.3, -0.25) is 0 Å². The van der Waals surface area contributed by atoms with E-state index in [1.54, 1.807) is 0 Å². The molecule has 17 heavy (non-hydrogen) atoms. The van der Waals surface area contributed by atoms with Crippen molar-refractivity contribution in [1.29, 1.82) is 0 Å². The minimum atomic E-state index is -4.55. The van der Waals surface area contributed by atoms with Crippen LogP contribution in [0, 0.1) is 5.82 Å². The van der Waals surface area contributed by atoms with Crippen molar-refractivity contribution in [2.24, 2.45) is 0 Å². The molecule has 7 heteroatoms. The first-order valence-electron chi connectivity index (χ1n) is 4.68. The van der Waals surface area contributed by atoms with Gasteiger partial charge in [0.05, 0.1) is 11.6 Å². The number of amides is 1. The SMILES string of the molecule is O=C1N[C@@H](c2cc(C(F)(F)F)ccc2F)CO1. The fourth-order valence-electron chi connectivity index (χ4n) is 1.54. The molecule has 1 heterocycles. The van der Waals surface area contributed by atoms with Crippen LogP contribution in [0.5, 0.6) is 0 Å². The second-order valence-corrected chi connectivity index (χ2v) is 3.53. The molecule has 1 N–H and O–H groups in total. The van der Waals surface area contributed by atoms with E-state index in [1.807, 2.05) is 0 Å². The third-order valence-electron chi connectivity index (χ3n) is 2.37. The number of alkyl carbamates (subject to hydrolysis) is 1. The lowest BCUT2D eigenvalue weighted by Crippen LogP contribution is -2.20. The number of carbonyl (C=O) groups is 1. The maximum atomic E-state index is 13.4. The van der Waals surface area contributed by atoms with Crippen molar-refractivity contribution in [1.82, 2.24) is 5.32 Å². The number of benzene rings is 1. The van der Waals surface area contributed by atoms with Gasteiger partial charge in [-0.25, -0.2) is 9.18 Å². The molecule has 0 spiro atoms. The van der Waals surface area contributed by atoms with E-state index in [0.717, 1.165) is 6.07 Å². The summed E-state index contributed by atoms with van der Waals surface area (Å²) in [6.07, 6.45) is -5.32. The van der Waals surface area contributed by atoms with Gasteiger partial charge in [0.15, 0.2) is 0 Å². The van der Waals surface area contributed by atoms with Gasteiger partial charge in [-0.2, -0.15) is 13.2 Å². The number of nitrogens with one attached hydrogen (secondary N) is 1. The Hall–Kier alpha value is -1.79. The van der Waals surface area contributed by atoms with Gasteiger partial charge in [0.1, 0.15) is 12.4 Å². The van der Waals surface area contributed by atoms with Gasteiger partial charge in [0, 0.05) is 5.56 Å². The summed E-state index contributed by atoms with van der Waals surface area (Å²) in [4.78, 5) is 10.7. The number of halogens is 4. The van der Waals surface area contributed by atoms with E-state index < -0.39 is 29.7 Å². The summed E-state index contributed by atoms with van der Waals surface area (Å²) in [6, 6.07) is 1.17. The third kappa shape index (κ3) is 2.32. The van der Waals surface area contributed by atoms with Crippen LogP contribution in [0.4, 0.5) is 22.4 Å². The van der Waals surface area contributed by atoms with Crippen molar-refractivity contribution in [2.75, 3.05) is 6.61 Å². The zero-order valence-corrected chi connectivity index (χ0v) is 8.34. The Bertz CT molecular complexity index is 458. The summed E-state index contributed by atoms with van der Waals surface area (Å²) >= 11 is 0. The van der Waals surface area contributed by atoms with Crippen LogP contribution in [0.2, 0.25) is 0 Å². The minimum absolute atomic E-state index is 0.183. The van der Waals surface area contributed by atoms with Crippen LogP contribution in [0.15, 0.2) is 18.2 Å². The number of carbonyl (C=O) groups excluding carboxylic acids is 1. The standard InChI is InChI=1S/C10H7F4NO2/c11-7-2-1-5(10(12,13)14)3-6(7)8-4-17-9(16)15-8/h1-3,8H,4H2,(H,15,16)/t8-/m1/s1. The van der Waals surface area contributed by atoms with Crippen molar-refractivity contribution < 1.29 is 27.1 Å². The van der Waals surface area contributed by atoms with Crippen molar-refractivity contribution in [3.63, 3.8) is 0 Å². The van der Waals surface area contributed by atoms with Gasteiger partial charge in [-0.05, 0) is 18.2 Å². The molecule has 1 atom stereocenters. The predicted octanol–water partition coefficient (Wildman–Crippen LogP) is 2.63. The van der Waals surface area contributed by atoms with Gasteiger partial charge in [0.25, 0.3) is 0 Å². The first-order chi connectivity index (χ1) is 7.88. The number of rotatable bonds is 1. The topological polar surface area (TPSA) is 38.3 Å². The fraction of sp³-hybridized carbons (Fsp3) is 0.300. The van der Waals surface area contributed by atoms with E-state index in [4.69, 9.17) is 0 Å². The minimum Gasteiger partial charge on any atom is -0.447 e. The Morgan fingerprint density at radius 1 is 1.35 bits per heavy atom. The van der Waals surface area contributed by atoms with Crippen LogP contribution in [-0.4, -0.2) is 12.7 Å². The van der Waals surface area contributed by atoms with Crippen LogP contribution in [-0.2, 0) is 10.9 Å². The predicted molar refractivity (Wildman–Crippen MR) is 48.6 cm³/mol. The molecule has 1 aliphatic heterocycles. The van der Waals surface area contributed by atoms with E-state index >= 15 is 0 Å². The highest BCUT2D eigenvalue weighted by Gasteiger charge is 2.33. The van der Waals surface area contributed by atoms with E-state index in [-0.39, 0.29) is 12.2 Å². The molecular formula is C10H7F4NO2. The molecule has 0 aromatic heterocycles. The molecule has 0 bridgehead atoms. The van der Waals surface area contributed by atoms with Crippen LogP contribution in [0.3, 0.4) is 0 Å². The Kier molecular flexibility index (Phi) is 2.68. The molecule has 1 aliphatic rings. The molecular weight excluding hydrogens is 242 g/mol. The van der Waals surface area contributed by atoms with Crippen molar-refractivity contribution >= 4 is 6.09 Å². The number of hydrogen-bond donors (Lipinski definition) is 1. The monoisotopic (exact) mass is 249 g/mol. The van der Waals surface area contributed by atoms with Gasteiger partial charge in [-0.1, -0.05) is 0 Å².